The Morgan fingerprint density at radius 1 is 1.30 bits per heavy atom. The van der Waals surface area contributed by atoms with Crippen molar-refractivity contribution in [3.05, 3.63) is 53.2 Å². The molecule has 0 saturated heterocycles. The second kappa shape index (κ2) is 5.56. The van der Waals surface area contributed by atoms with Gasteiger partial charge in [0.1, 0.15) is 0 Å². The van der Waals surface area contributed by atoms with Gasteiger partial charge < -0.3 is 0 Å². The molecule has 0 atom stereocenters. The first-order valence-corrected chi connectivity index (χ1v) is 7.35. The molecule has 20 heavy (non-hydrogen) atoms. The number of aromatic nitrogens is 2. The highest BCUT2D eigenvalue weighted by molar-refractivity contribution is 7.14. The van der Waals surface area contributed by atoms with Gasteiger partial charge in [-0.3, -0.25) is 15.1 Å². The summed E-state index contributed by atoms with van der Waals surface area (Å²) >= 11 is 7.05. The largest absolute Gasteiger partial charge is 0.298 e. The van der Waals surface area contributed by atoms with Crippen LogP contribution in [-0.2, 0) is 5.88 Å². The minimum absolute atomic E-state index is 0.218. The number of hydrogen-bond acceptors (Lipinski definition) is 4. The zero-order valence-corrected chi connectivity index (χ0v) is 11.9. The van der Waals surface area contributed by atoms with Crippen molar-refractivity contribution < 1.29 is 4.79 Å². The first-order chi connectivity index (χ1) is 9.78. The second-order valence-electron chi connectivity index (χ2n) is 4.11. The summed E-state index contributed by atoms with van der Waals surface area (Å²) in [5, 5.41) is 6.07. The highest BCUT2D eigenvalue weighted by atomic mass is 35.5. The summed E-state index contributed by atoms with van der Waals surface area (Å²) < 4.78 is 0. The van der Waals surface area contributed by atoms with E-state index in [1.165, 1.54) is 11.3 Å². The van der Waals surface area contributed by atoms with E-state index in [1.807, 2.05) is 29.6 Å². The van der Waals surface area contributed by atoms with E-state index in [9.17, 15) is 4.79 Å². The van der Waals surface area contributed by atoms with E-state index in [1.54, 1.807) is 12.3 Å². The number of halogens is 1. The molecule has 1 N–H and O–H groups in total. The number of pyridine rings is 1. The van der Waals surface area contributed by atoms with Crippen LogP contribution < -0.4 is 5.32 Å². The van der Waals surface area contributed by atoms with E-state index < -0.39 is 0 Å². The smallest absolute Gasteiger partial charge is 0.259 e. The number of rotatable bonds is 3. The number of alkyl halides is 1. The summed E-state index contributed by atoms with van der Waals surface area (Å²) in [6.07, 6.45) is 1.67. The van der Waals surface area contributed by atoms with Gasteiger partial charge >= 0.3 is 0 Å². The Kier molecular flexibility index (Phi) is 3.62. The molecule has 0 radical (unpaired) electrons. The molecule has 1 aromatic carbocycles. The normalized spacial score (nSPS) is 10.7. The van der Waals surface area contributed by atoms with Crippen molar-refractivity contribution in [1.29, 1.82) is 0 Å². The molecule has 0 aliphatic heterocycles. The van der Waals surface area contributed by atoms with Crippen LogP contribution >= 0.6 is 22.9 Å². The molecule has 3 aromatic rings. The van der Waals surface area contributed by atoms with Crippen molar-refractivity contribution in [3.8, 4) is 0 Å². The maximum Gasteiger partial charge on any atom is 0.259 e. The number of fused-ring (bicyclic) bond motifs is 1. The van der Waals surface area contributed by atoms with Crippen LogP contribution in [0.2, 0.25) is 0 Å². The van der Waals surface area contributed by atoms with Gasteiger partial charge in [0, 0.05) is 17.0 Å². The van der Waals surface area contributed by atoms with E-state index in [-0.39, 0.29) is 5.91 Å². The fourth-order valence-electron chi connectivity index (χ4n) is 1.88. The summed E-state index contributed by atoms with van der Waals surface area (Å²) in [5.74, 6) is 0.118. The Hall–Kier alpha value is -1.98. The molecule has 0 aliphatic carbocycles. The number of benzene rings is 1. The van der Waals surface area contributed by atoms with Gasteiger partial charge in [0.05, 0.1) is 22.7 Å². The lowest BCUT2D eigenvalue weighted by atomic mass is 10.1. The molecule has 6 heteroatoms. The van der Waals surface area contributed by atoms with Crippen LogP contribution in [0, 0.1) is 0 Å². The molecule has 100 valence electrons. The van der Waals surface area contributed by atoms with E-state index in [0.717, 1.165) is 11.1 Å². The summed E-state index contributed by atoms with van der Waals surface area (Å²) in [6.45, 7) is 0. The van der Waals surface area contributed by atoms with E-state index in [2.05, 4.69) is 15.3 Å². The maximum absolute atomic E-state index is 12.3. The number of hydrogen-bond donors (Lipinski definition) is 1. The van der Waals surface area contributed by atoms with E-state index in [0.29, 0.717) is 22.1 Å². The average Bonchev–Trinajstić information content (AvgIpc) is 2.94. The number of carbonyl (C=O) groups is 1. The molecule has 3 rings (SSSR count). The first kappa shape index (κ1) is 13.0. The zero-order valence-electron chi connectivity index (χ0n) is 10.3. The topological polar surface area (TPSA) is 54.9 Å². The number of nitrogens with zero attached hydrogens (tertiary/aromatic N) is 2. The predicted molar refractivity (Wildman–Crippen MR) is 81.4 cm³/mol. The van der Waals surface area contributed by atoms with Gasteiger partial charge in [-0.05, 0) is 12.1 Å². The maximum atomic E-state index is 12.3. The first-order valence-electron chi connectivity index (χ1n) is 5.93. The van der Waals surface area contributed by atoms with Gasteiger partial charge in [0.2, 0.25) is 0 Å². The van der Waals surface area contributed by atoms with Crippen LogP contribution in [0.25, 0.3) is 10.9 Å². The Labute approximate surface area is 124 Å². The van der Waals surface area contributed by atoms with Crippen molar-refractivity contribution in [2.75, 3.05) is 5.32 Å². The third-order valence-electron chi connectivity index (χ3n) is 2.79. The quantitative estimate of drug-likeness (QED) is 0.751. The zero-order chi connectivity index (χ0) is 13.9. The van der Waals surface area contributed by atoms with Crippen molar-refractivity contribution >= 4 is 44.9 Å². The summed E-state index contributed by atoms with van der Waals surface area (Å²) in [7, 11) is 0. The minimum Gasteiger partial charge on any atom is -0.298 e. The van der Waals surface area contributed by atoms with Gasteiger partial charge in [-0.25, -0.2) is 4.98 Å². The number of anilines is 1. The van der Waals surface area contributed by atoms with Crippen LogP contribution in [0.15, 0.2) is 41.9 Å². The molecule has 0 fully saturated rings. The standard InChI is InChI=1S/C14H10ClN3OS/c15-7-10-8-20-14(17-10)18-13(19)11-5-1-3-9-4-2-6-16-12(9)11/h1-6,8H,7H2,(H,17,18,19). The third kappa shape index (κ3) is 2.50. The second-order valence-corrected chi connectivity index (χ2v) is 5.24. The third-order valence-corrected chi connectivity index (χ3v) is 3.87. The van der Waals surface area contributed by atoms with Crippen molar-refractivity contribution in [2.24, 2.45) is 0 Å². The number of para-hydroxylation sites is 1. The lowest BCUT2D eigenvalue weighted by Gasteiger charge is -2.05. The highest BCUT2D eigenvalue weighted by Crippen LogP contribution is 2.20. The fourth-order valence-corrected chi connectivity index (χ4v) is 2.81. The SMILES string of the molecule is O=C(Nc1nc(CCl)cs1)c1cccc2cccnc12. The van der Waals surface area contributed by atoms with E-state index >= 15 is 0 Å². The fraction of sp³-hybridized carbons (Fsp3) is 0.0714. The van der Waals surface area contributed by atoms with Crippen LogP contribution in [0.1, 0.15) is 16.1 Å². The summed E-state index contributed by atoms with van der Waals surface area (Å²) in [5.41, 5.74) is 1.97. The molecule has 0 spiro atoms. The van der Waals surface area contributed by atoms with Crippen LogP contribution in [0.4, 0.5) is 5.13 Å². The molecule has 2 aromatic heterocycles. The molecule has 1 amide bonds. The van der Waals surface area contributed by atoms with Crippen molar-refractivity contribution in [2.45, 2.75) is 5.88 Å². The Morgan fingerprint density at radius 3 is 2.95 bits per heavy atom. The van der Waals surface area contributed by atoms with Gasteiger partial charge in [0.15, 0.2) is 5.13 Å². The van der Waals surface area contributed by atoms with Crippen molar-refractivity contribution in [3.63, 3.8) is 0 Å². The van der Waals surface area contributed by atoms with Crippen LogP contribution in [-0.4, -0.2) is 15.9 Å². The van der Waals surface area contributed by atoms with Crippen molar-refractivity contribution in [1.82, 2.24) is 9.97 Å². The molecule has 0 aliphatic rings. The van der Waals surface area contributed by atoms with Crippen LogP contribution in [0.3, 0.4) is 0 Å². The molecule has 0 saturated carbocycles. The monoisotopic (exact) mass is 303 g/mol. The number of nitrogens with one attached hydrogen (secondary N) is 1. The van der Waals surface area contributed by atoms with Gasteiger partial charge in [-0.15, -0.1) is 22.9 Å². The average molecular weight is 304 g/mol. The number of thiazole rings is 1. The van der Waals surface area contributed by atoms with E-state index in [4.69, 9.17) is 11.6 Å². The molecule has 4 nitrogen and oxygen atoms in total. The Bertz CT molecular complexity index is 766. The van der Waals surface area contributed by atoms with Gasteiger partial charge in [-0.2, -0.15) is 0 Å². The summed E-state index contributed by atoms with van der Waals surface area (Å²) in [6, 6.07) is 9.28. The molecule has 0 unspecified atom stereocenters. The van der Waals surface area contributed by atoms with Crippen LogP contribution in [0.5, 0.6) is 0 Å². The lowest BCUT2D eigenvalue weighted by molar-refractivity contribution is 0.102. The molecule has 2 heterocycles. The van der Waals surface area contributed by atoms with Gasteiger partial charge in [0.25, 0.3) is 5.91 Å². The highest BCUT2D eigenvalue weighted by Gasteiger charge is 2.12. The Balaban J connectivity index is 1.92. The predicted octanol–water partition coefficient (Wildman–Crippen LogP) is 3.68. The number of amides is 1. The molecular weight excluding hydrogens is 294 g/mol. The summed E-state index contributed by atoms with van der Waals surface area (Å²) in [4.78, 5) is 20.8. The lowest BCUT2D eigenvalue weighted by Crippen LogP contribution is -2.12. The Morgan fingerprint density at radius 2 is 2.15 bits per heavy atom. The van der Waals surface area contributed by atoms with Gasteiger partial charge in [-0.1, -0.05) is 18.2 Å². The number of carbonyl (C=O) groups excluding carboxylic acids is 1. The molecular formula is C14H10ClN3OS. The molecule has 0 bridgehead atoms. The minimum atomic E-state index is -0.218.